The van der Waals surface area contributed by atoms with Crippen LogP contribution in [0.15, 0.2) is 42.0 Å². The van der Waals surface area contributed by atoms with Crippen LogP contribution in [0.3, 0.4) is 0 Å². The molecule has 1 saturated heterocycles. The Kier molecular flexibility index (Phi) is 11.3. The molecule has 5 nitrogen and oxygen atoms in total. The van der Waals surface area contributed by atoms with E-state index in [1.54, 1.807) is 0 Å². The molecule has 1 aliphatic carbocycles. The Morgan fingerprint density at radius 3 is 2.62 bits per heavy atom. The minimum Gasteiger partial charge on any atom is -0.483 e. The maximum Gasteiger partial charge on any atom is 0.311 e. The molecule has 3 aliphatic rings. The van der Waals surface area contributed by atoms with Gasteiger partial charge >= 0.3 is 5.97 Å². The predicted molar refractivity (Wildman–Crippen MR) is 171 cm³/mol. The molecule has 0 saturated carbocycles. The average Bonchev–Trinajstić information content (AvgIpc) is 2.94. The molecule has 2 heterocycles. The van der Waals surface area contributed by atoms with Gasteiger partial charge in [-0.25, -0.2) is 4.39 Å². The van der Waals surface area contributed by atoms with Crippen molar-refractivity contribution < 1.29 is 23.4 Å². The molecule has 7 heteroatoms. The summed E-state index contributed by atoms with van der Waals surface area (Å²) in [5, 5.41) is 0. The van der Waals surface area contributed by atoms with Crippen LogP contribution in [0.2, 0.25) is 0 Å². The van der Waals surface area contributed by atoms with Crippen LogP contribution in [0.25, 0.3) is 5.57 Å². The van der Waals surface area contributed by atoms with Crippen molar-refractivity contribution in [3.63, 3.8) is 0 Å². The number of carbonyl (C=O) groups excluding carboxylic acids is 1. The molecule has 5 rings (SSSR count). The zero-order chi connectivity index (χ0) is 29.0. The molecule has 0 bridgehead atoms. The van der Waals surface area contributed by atoms with Crippen LogP contribution in [0.4, 0.5) is 4.39 Å². The van der Waals surface area contributed by atoms with E-state index in [0.29, 0.717) is 18.1 Å². The maximum absolute atomic E-state index is 13.3. The Balaban J connectivity index is 0.00000405. The zero-order valence-electron chi connectivity index (χ0n) is 25.7. The summed E-state index contributed by atoms with van der Waals surface area (Å²) in [5.74, 6) is 1.94. The molecule has 2 atom stereocenters. The smallest absolute Gasteiger partial charge is 0.311 e. The van der Waals surface area contributed by atoms with E-state index in [1.807, 2.05) is 12.1 Å². The minimum atomic E-state index is -0.383. The number of morpholine rings is 1. The normalized spacial score (nSPS) is 20.5. The standard InChI is InChI=1S/C35H46FNO4.BrH/c1-24-10-15-30-29(21-24)34-31(40-33(38)9-6-16-37-17-19-39-20-18-37)22-27(23-32(34)41-35(30,3)4)25(2)7-5-8-26-11-13-28(36)14-12-26;/h11-14,22-25H,5-10,15-21H2,1-4H3;1H. The van der Waals surface area contributed by atoms with Crippen molar-refractivity contribution in [3.8, 4) is 11.5 Å². The van der Waals surface area contributed by atoms with Gasteiger partial charge in [-0.3, -0.25) is 9.69 Å². The van der Waals surface area contributed by atoms with E-state index in [0.717, 1.165) is 100 Å². The number of carbonyl (C=O) groups is 1. The highest BCUT2D eigenvalue weighted by atomic mass is 79.9. The number of rotatable bonds is 10. The van der Waals surface area contributed by atoms with Gasteiger partial charge in [0.05, 0.1) is 18.8 Å². The fourth-order valence-corrected chi connectivity index (χ4v) is 6.60. The summed E-state index contributed by atoms with van der Waals surface area (Å²) >= 11 is 0. The monoisotopic (exact) mass is 643 g/mol. The number of benzene rings is 2. The van der Waals surface area contributed by atoms with Gasteiger partial charge in [-0.2, -0.15) is 0 Å². The van der Waals surface area contributed by atoms with Crippen molar-refractivity contribution in [1.29, 1.82) is 0 Å². The average molecular weight is 645 g/mol. The molecule has 2 aromatic carbocycles. The van der Waals surface area contributed by atoms with Gasteiger partial charge in [0.25, 0.3) is 0 Å². The number of nitrogens with zero attached hydrogens (tertiary/aromatic N) is 1. The number of halogens is 2. The van der Waals surface area contributed by atoms with Gasteiger partial charge in [-0.15, -0.1) is 17.0 Å². The Morgan fingerprint density at radius 1 is 1.14 bits per heavy atom. The molecule has 2 unspecified atom stereocenters. The van der Waals surface area contributed by atoms with Crippen molar-refractivity contribution >= 4 is 28.5 Å². The number of fused-ring (bicyclic) bond motifs is 2. The van der Waals surface area contributed by atoms with Crippen molar-refractivity contribution in [2.24, 2.45) is 5.92 Å². The van der Waals surface area contributed by atoms with Crippen LogP contribution in [0, 0.1) is 11.7 Å². The fourth-order valence-electron chi connectivity index (χ4n) is 6.60. The van der Waals surface area contributed by atoms with E-state index in [4.69, 9.17) is 14.2 Å². The summed E-state index contributed by atoms with van der Waals surface area (Å²) in [4.78, 5) is 15.5. The Hall–Kier alpha value is -2.22. The quantitative estimate of drug-likeness (QED) is 0.193. The molecule has 0 amide bonds. The number of allylic oxidation sites excluding steroid dienone is 1. The van der Waals surface area contributed by atoms with Crippen molar-refractivity contribution in [1.82, 2.24) is 4.90 Å². The van der Waals surface area contributed by atoms with Crippen LogP contribution in [0.5, 0.6) is 11.5 Å². The largest absolute Gasteiger partial charge is 0.483 e. The van der Waals surface area contributed by atoms with Crippen LogP contribution < -0.4 is 9.47 Å². The summed E-state index contributed by atoms with van der Waals surface area (Å²) in [7, 11) is 0. The maximum atomic E-state index is 13.3. The first-order valence-corrected chi connectivity index (χ1v) is 15.5. The van der Waals surface area contributed by atoms with Crippen LogP contribution in [-0.4, -0.2) is 49.3 Å². The minimum absolute atomic E-state index is 0. The predicted octanol–water partition coefficient (Wildman–Crippen LogP) is 8.29. The molecule has 2 aromatic rings. The van der Waals surface area contributed by atoms with Crippen LogP contribution >= 0.6 is 17.0 Å². The SMILES string of the molecule is Br.CC1CCC2=C(C1)c1c(OC(=O)CCCN3CCOCC3)cc(C(C)CCCc3ccc(F)cc3)cc1OC2(C)C. The summed E-state index contributed by atoms with van der Waals surface area (Å²) in [6.45, 7) is 13.1. The highest BCUT2D eigenvalue weighted by Crippen LogP contribution is 2.52. The van der Waals surface area contributed by atoms with E-state index >= 15 is 0 Å². The van der Waals surface area contributed by atoms with Crippen molar-refractivity contribution in [2.75, 3.05) is 32.8 Å². The molecule has 230 valence electrons. The number of hydrogen-bond acceptors (Lipinski definition) is 5. The summed E-state index contributed by atoms with van der Waals surface area (Å²) < 4.78 is 31.6. The van der Waals surface area contributed by atoms with Crippen molar-refractivity contribution in [2.45, 2.75) is 90.6 Å². The van der Waals surface area contributed by atoms with E-state index in [2.05, 4.69) is 44.7 Å². The molecular weight excluding hydrogens is 597 g/mol. The zero-order valence-corrected chi connectivity index (χ0v) is 27.4. The van der Waals surface area contributed by atoms with Crippen molar-refractivity contribution in [3.05, 3.63) is 64.5 Å². The first kappa shape index (κ1) is 32.7. The summed E-state index contributed by atoms with van der Waals surface area (Å²) in [5.41, 5.74) is 5.52. The van der Waals surface area contributed by atoms with Gasteiger partial charge in [0.2, 0.25) is 0 Å². The second-order valence-corrected chi connectivity index (χ2v) is 12.8. The number of hydrogen-bond donors (Lipinski definition) is 0. The molecule has 0 radical (unpaired) electrons. The third kappa shape index (κ3) is 8.03. The van der Waals surface area contributed by atoms with E-state index in [1.165, 1.54) is 23.3 Å². The molecule has 0 aromatic heterocycles. The third-order valence-electron chi connectivity index (χ3n) is 9.05. The lowest BCUT2D eigenvalue weighted by atomic mass is 9.74. The van der Waals surface area contributed by atoms with Gasteiger partial charge in [-0.1, -0.05) is 26.0 Å². The number of aryl methyl sites for hydroxylation is 1. The second kappa shape index (κ2) is 14.5. The molecule has 0 N–H and O–H groups in total. The molecule has 1 fully saturated rings. The van der Waals surface area contributed by atoms with Gasteiger partial charge in [0, 0.05) is 19.5 Å². The molecular formula is C35H47BrFNO4. The van der Waals surface area contributed by atoms with Gasteiger partial charge < -0.3 is 14.2 Å². The molecule has 42 heavy (non-hydrogen) atoms. The van der Waals surface area contributed by atoms with E-state index in [9.17, 15) is 9.18 Å². The Labute approximate surface area is 261 Å². The van der Waals surface area contributed by atoms with Crippen LogP contribution in [0.1, 0.15) is 95.2 Å². The Morgan fingerprint density at radius 2 is 1.88 bits per heavy atom. The van der Waals surface area contributed by atoms with E-state index < -0.39 is 0 Å². The lowest BCUT2D eigenvalue weighted by Gasteiger charge is -2.41. The topological polar surface area (TPSA) is 48.0 Å². The molecule has 2 aliphatic heterocycles. The van der Waals surface area contributed by atoms with Gasteiger partial charge in [0.1, 0.15) is 22.9 Å². The molecule has 0 spiro atoms. The second-order valence-electron chi connectivity index (χ2n) is 12.8. The lowest BCUT2D eigenvalue weighted by molar-refractivity contribution is -0.134. The first-order valence-electron chi connectivity index (χ1n) is 15.5. The summed E-state index contributed by atoms with van der Waals surface area (Å²) in [6, 6.07) is 11.0. The summed E-state index contributed by atoms with van der Waals surface area (Å²) in [6.07, 6.45) is 7.16. The van der Waals surface area contributed by atoms with Gasteiger partial charge in [-0.05, 0) is 124 Å². The Bertz CT molecular complexity index is 1250. The lowest BCUT2D eigenvalue weighted by Crippen LogP contribution is -2.37. The number of ether oxygens (including phenoxy) is 3. The highest BCUT2D eigenvalue weighted by molar-refractivity contribution is 8.93. The van der Waals surface area contributed by atoms with Crippen LogP contribution in [-0.2, 0) is 16.0 Å². The van der Waals surface area contributed by atoms with E-state index in [-0.39, 0.29) is 40.3 Å². The first-order chi connectivity index (χ1) is 19.7. The number of esters is 1. The third-order valence-corrected chi connectivity index (χ3v) is 9.05. The fraction of sp³-hybridized carbons (Fsp3) is 0.571. The van der Waals surface area contributed by atoms with Gasteiger partial charge in [0.15, 0.2) is 0 Å². The highest BCUT2D eigenvalue weighted by Gasteiger charge is 2.39.